The Hall–Kier alpha value is -1.33. The molecular weight excluding hydrogens is 330 g/mol. The molecule has 0 radical (unpaired) electrons. The minimum Gasteiger partial charge on any atom is -0.398 e. The smallest absolute Gasteiger partial charge is 0.0956 e. The lowest BCUT2D eigenvalue weighted by molar-refractivity contribution is 0.0216. The first kappa shape index (κ1) is 14.6. The fraction of sp³-hybridized carbons (Fsp3) is 0.438. The predicted molar refractivity (Wildman–Crippen MR) is 90.7 cm³/mol. The second-order valence-corrected chi connectivity index (χ2v) is 6.51. The number of fused-ring (bicyclic) bond motifs is 1. The van der Waals surface area contributed by atoms with Gasteiger partial charge in [-0.25, -0.2) is 0 Å². The number of hydrogen-bond donors (Lipinski definition) is 1. The van der Waals surface area contributed by atoms with Gasteiger partial charge in [0.1, 0.15) is 0 Å². The maximum atomic E-state index is 6.07. The Bertz CT molecular complexity index is 641. The number of aromatic nitrogens is 1. The summed E-state index contributed by atoms with van der Waals surface area (Å²) in [5.41, 5.74) is 8.87. The van der Waals surface area contributed by atoms with E-state index in [4.69, 9.17) is 10.5 Å². The second-order valence-electron chi connectivity index (χ2n) is 5.59. The molecule has 2 N–H and O–H groups in total. The third kappa shape index (κ3) is 3.14. The van der Waals surface area contributed by atoms with E-state index in [9.17, 15) is 0 Å². The third-order valence-electron chi connectivity index (χ3n) is 3.99. The molecule has 4 nitrogen and oxygen atoms in total. The van der Waals surface area contributed by atoms with Crippen molar-refractivity contribution in [3.63, 3.8) is 0 Å². The van der Waals surface area contributed by atoms with Gasteiger partial charge in [-0.1, -0.05) is 0 Å². The van der Waals surface area contributed by atoms with E-state index in [1.165, 1.54) is 12.8 Å². The predicted octanol–water partition coefficient (Wildman–Crippen LogP) is 3.58. The van der Waals surface area contributed by atoms with E-state index in [0.717, 1.165) is 46.3 Å². The molecule has 21 heavy (non-hydrogen) atoms. The summed E-state index contributed by atoms with van der Waals surface area (Å²) >= 11 is 3.46. The lowest BCUT2D eigenvalue weighted by Crippen LogP contribution is -2.33. The van der Waals surface area contributed by atoms with Crippen molar-refractivity contribution in [2.45, 2.75) is 25.4 Å². The Labute approximate surface area is 133 Å². The van der Waals surface area contributed by atoms with Crippen molar-refractivity contribution in [1.29, 1.82) is 0 Å². The Balaban J connectivity index is 1.90. The van der Waals surface area contributed by atoms with Crippen LogP contribution in [0.4, 0.5) is 11.4 Å². The van der Waals surface area contributed by atoms with Crippen LogP contribution in [-0.2, 0) is 4.74 Å². The average molecular weight is 350 g/mol. The number of rotatable bonds is 3. The van der Waals surface area contributed by atoms with Crippen LogP contribution in [0.1, 0.15) is 19.3 Å². The Morgan fingerprint density at radius 1 is 1.43 bits per heavy atom. The van der Waals surface area contributed by atoms with Crippen LogP contribution < -0.4 is 10.6 Å². The zero-order valence-electron chi connectivity index (χ0n) is 12.2. The summed E-state index contributed by atoms with van der Waals surface area (Å²) in [5.74, 6) is 0. The quantitative estimate of drug-likeness (QED) is 0.860. The van der Waals surface area contributed by atoms with Gasteiger partial charge in [-0.15, -0.1) is 0 Å². The number of nitrogens with two attached hydrogens (primary N) is 1. The third-order valence-corrected chi connectivity index (χ3v) is 4.43. The zero-order valence-corrected chi connectivity index (χ0v) is 13.8. The topological polar surface area (TPSA) is 51.4 Å². The minimum atomic E-state index is 0.312. The number of ether oxygens (including phenoxy) is 1. The van der Waals surface area contributed by atoms with Gasteiger partial charge in [0.25, 0.3) is 0 Å². The van der Waals surface area contributed by atoms with E-state index >= 15 is 0 Å². The normalized spacial score (nSPS) is 18.9. The molecule has 1 aromatic carbocycles. The van der Waals surface area contributed by atoms with Gasteiger partial charge in [0.2, 0.25) is 0 Å². The van der Waals surface area contributed by atoms with Crippen molar-refractivity contribution >= 4 is 38.2 Å². The summed E-state index contributed by atoms with van der Waals surface area (Å²) in [6.07, 6.45) is 5.70. The highest BCUT2D eigenvalue weighted by Gasteiger charge is 2.18. The van der Waals surface area contributed by atoms with Crippen LogP contribution in [0.5, 0.6) is 0 Å². The molecule has 5 heteroatoms. The standard InChI is InChI=1S/C16H20BrN3O/c1-20(10-12-4-2-3-7-21-12)15-6-5-14(18)13-8-11(17)9-19-16(13)15/h5-6,8-9,12H,2-4,7,10,18H2,1H3. The van der Waals surface area contributed by atoms with Crippen LogP contribution >= 0.6 is 15.9 Å². The highest BCUT2D eigenvalue weighted by atomic mass is 79.9. The number of nitrogen functional groups attached to an aromatic ring is 1. The number of likely N-dealkylation sites (N-methyl/N-ethyl adjacent to an activating group) is 1. The van der Waals surface area contributed by atoms with E-state index in [-0.39, 0.29) is 0 Å². The fourth-order valence-electron chi connectivity index (χ4n) is 2.86. The second kappa shape index (κ2) is 6.20. The molecule has 3 rings (SSSR count). The summed E-state index contributed by atoms with van der Waals surface area (Å²) in [4.78, 5) is 6.77. The van der Waals surface area contributed by atoms with Gasteiger partial charge in [0, 0.05) is 41.9 Å². The number of benzene rings is 1. The molecule has 1 saturated heterocycles. The van der Waals surface area contributed by atoms with Gasteiger partial charge in [0.15, 0.2) is 0 Å². The summed E-state index contributed by atoms with van der Waals surface area (Å²) in [7, 11) is 2.09. The average Bonchev–Trinajstić information content (AvgIpc) is 2.49. The number of pyridine rings is 1. The maximum absolute atomic E-state index is 6.07. The highest BCUT2D eigenvalue weighted by molar-refractivity contribution is 9.10. The Morgan fingerprint density at radius 3 is 3.05 bits per heavy atom. The zero-order chi connectivity index (χ0) is 14.8. The highest BCUT2D eigenvalue weighted by Crippen LogP contribution is 2.31. The van der Waals surface area contributed by atoms with Gasteiger partial charge in [0.05, 0.1) is 17.3 Å². The number of halogens is 1. The van der Waals surface area contributed by atoms with Crippen molar-refractivity contribution in [2.24, 2.45) is 0 Å². The first-order chi connectivity index (χ1) is 10.1. The van der Waals surface area contributed by atoms with Crippen molar-refractivity contribution in [1.82, 2.24) is 4.98 Å². The van der Waals surface area contributed by atoms with E-state index in [0.29, 0.717) is 6.10 Å². The number of hydrogen-bond acceptors (Lipinski definition) is 4. The molecule has 0 bridgehead atoms. The van der Waals surface area contributed by atoms with Crippen LogP contribution in [0.15, 0.2) is 28.9 Å². The minimum absolute atomic E-state index is 0.312. The van der Waals surface area contributed by atoms with Crippen LogP contribution in [-0.4, -0.2) is 31.3 Å². The van der Waals surface area contributed by atoms with Crippen molar-refractivity contribution in [3.8, 4) is 0 Å². The van der Waals surface area contributed by atoms with E-state index in [1.807, 2.05) is 24.4 Å². The van der Waals surface area contributed by atoms with Gasteiger partial charge in [-0.2, -0.15) is 0 Å². The van der Waals surface area contributed by atoms with Crippen molar-refractivity contribution in [2.75, 3.05) is 30.8 Å². The molecular formula is C16H20BrN3O. The molecule has 0 saturated carbocycles. The Kier molecular flexibility index (Phi) is 4.31. The van der Waals surface area contributed by atoms with E-state index in [1.54, 1.807) is 0 Å². The van der Waals surface area contributed by atoms with Gasteiger partial charge in [-0.05, 0) is 53.4 Å². The molecule has 1 unspecified atom stereocenters. The molecule has 2 heterocycles. The van der Waals surface area contributed by atoms with Crippen LogP contribution in [0.3, 0.4) is 0 Å². The molecule has 0 amide bonds. The fourth-order valence-corrected chi connectivity index (χ4v) is 3.20. The molecule has 1 fully saturated rings. The first-order valence-electron chi connectivity index (χ1n) is 7.31. The number of nitrogens with zero attached hydrogens (tertiary/aromatic N) is 2. The molecule has 1 atom stereocenters. The van der Waals surface area contributed by atoms with E-state index < -0.39 is 0 Å². The first-order valence-corrected chi connectivity index (χ1v) is 8.11. The number of anilines is 2. The largest absolute Gasteiger partial charge is 0.398 e. The van der Waals surface area contributed by atoms with Gasteiger partial charge in [-0.3, -0.25) is 4.98 Å². The molecule has 1 aromatic heterocycles. The summed E-state index contributed by atoms with van der Waals surface area (Å²) < 4.78 is 6.77. The Morgan fingerprint density at radius 2 is 2.29 bits per heavy atom. The van der Waals surface area contributed by atoms with Gasteiger partial charge >= 0.3 is 0 Å². The molecule has 0 aliphatic carbocycles. The monoisotopic (exact) mass is 349 g/mol. The van der Waals surface area contributed by atoms with Crippen LogP contribution in [0.2, 0.25) is 0 Å². The molecule has 1 aliphatic heterocycles. The van der Waals surface area contributed by atoms with Crippen LogP contribution in [0.25, 0.3) is 10.9 Å². The van der Waals surface area contributed by atoms with Crippen LogP contribution in [0, 0.1) is 0 Å². The SMILES string of the molecule is CN(CC1CCCCO1)c1ccc(N)c2cc(Br)cnc12. The lowest BCUT2D eigenvalue weighted by atomic mass is 10.1. The summed E-state index contributed by atoms with van der Waals surface area (Å²) in [6, 6.07) is 6.01. The maximum Gasteiger partial charge on any atom is 0.0956 e. The summed E-state index contributed by atoms with van der Waals surface area (Å²) in [6.45, 7) is 1.77. The van der Waals surface area contributed by atoms with Crippen molar-refractivity contribution < 1.29 is 4.74 Å². The lowest BCUT2D eigenvalue weighted by Gasteiger charge is -2.29. The van der Waals surface area contributed by atoms with Gasteiger partial charge < -0.3 is 15.4 Å². The molecule has 0 spiro atoms. The summed E-state index contributed by atoms with van der Waals surface area (Å²) in [5, 5.41) is 0.985. The van der Waals surface area contributed by atoms with Crippen molar-refractivity contribution in [3.05, 3.63) is 28.9 Å². The van der Waals surface area contributed by atoms with E-state index in [2.05, 4.69) is 32.9 Å². The molecule has 1 aliphatic rings. The molecule has 2 aromatic rings. The molecule has 112 valence electrons.